The Kier molecular flexibility index (Phi) is 4.46. The van der Waals surface area contributed by atoms with E-state index in [4.69, 9.17) is 4.74 Å². The summed E-state index contributed by atoms with van der Waals surface area (Å²) in [7, 11) is 1.69. The van der Waals surface area contributed by atoms with E-state index in [0.717, 1.165) is 10.9 Å². The number of benzene rings is 1. The summed E-state index contributed by atoms with van der Waals surface area (Å²) in [4.78, 5) is 40.3. The SMILES string of the molecule is Cc1nn(C)c(C)c1C(=O)C(=O)OC(C)C(=O)c1c[nH]c2ccccc12. The van der Waals surface area contributed by atoms with E-state index in [1.165, 1.54) is 11.6 Å². The van der Waals surface area contributed by atoms with Gasteiger partial charge in [-0.15, -0.1) is 0 Å². The lowest BCUT2D eigenvalue weighted by atomic mass is 10.1. The van der Waals surface area contributed by atoms with E-state index in [0.29, 0.717) is 17.0 Å². The lowest BCUT2D eigenvalue weighted by Crippen LogP contribution is -2.29. The zero-order valence-electron chi connectivity index (χ0n) is 15.0. The number of para-hydroxylation sites is 1. The second-order valence-electron chi connectivity index (χ2n) is 6.16. The van der Waals surface area contributed by atoms with Crippen LogP contribution in [-0.2, 0) is 16.6 Å². The summed E-state index contributed by atoms with van der Waals surface area (Å²) in [5.74, 6) is -2.24. The summed E-state index contributed by atoms with van der Waals surface area (Å²) in [6.45, 7) is 4.80. The molecule has 0 bridgehead atoms. The van der Waals surface area contributed by atoms with Gasteiger partial charge in [0.05, 0.1) is 11.3 Å². The monoisotopic (exact) mass is 353 g/mol. The molecule has 26 heavy (non-hydrogen) atoms. The summed E-state index contributed by atoms with van der Waals surface area (Å²) in [5.41, 5.74) is 2.46. The van der Waals surface area contributed by atoms with Crippen LogP contribution in [0.2, 0.25) is 0 Å². The normalized spacial score (nSPS) is 12.2. The highest BCUT2D eigenvalue weighted by Crippen LogP contribution is 2.20. The number of hydrogen-bond acceptors (Lipinski definition) is 5. The molecular formula is C19H19N3O4. The molecule has 0 aliphatic rings. The van der Waals surface area contributed by atoms with Gasteiger partial charge >= 0.3 is 5.97 Å². The third-order valence-corrected chi connectivity index (χ3v) is 4.43. The number of nitrogens with one attached hydrogen (secondary N) is 1. The lowest BCUT2D eigenvalue weighted by molar-refractivity contribution is -0.140. The maximum atomic E-state index is 12.6. The molecule has 1 unspecified atom stereocenters. The Balaban J connectivity index is 1.78. The molecule has 0 aliphatic carbocycles. The number of fused-ring (bicyclic) bond motifs is 1. The summed E-state index contributed by atoms with van der Waals surface area (Å²) in [6.07, 6.45) is 0.497. The molecular weight excluding hydrogens is 334 g/mol. The van der Waals surface area contributed by atoms with E-state index in [2.05, 4.69) is 10.1 Å². The smallest absolute Gasteiger partial charge is 0.380 e. The third-order valence-electron chi connectivity index (χ3n) is 4.43. The second kappa shape index (κ2) is 6.59. The molecule has 1 N–H and O–H groups in total. The first-order valence-electron chi connectivity index (χ1n) is 8.17. The second-order valence-corrected chi connectivity index (χ2v) is 6.16. The van der Waals surface area contributed by atoms with E-state index < -0.39 is 17.9 Å². The van der Waals surface area contributed by atoms with Crippen LogP contribution in [0.5, 0.6) is 0 Å². The van der Waals surface area contributed by atoms with Crippen molar-refractivity contribution in [2.45, 2.75) is 26.9 Å². The van der Waals surface area contributed by atoms with E-state index in [1.54, 1.807) is 33.2 Å². The van der Waals surface area contributed by atoms with Crippen molar-refractivity contribution in [3.05, 3.63) is 53.0 Å². The molecule has 1 atom stereocenters. The van der Waals surface area contributed by atoms with E-state index in [1.807, 2.05) is 18.2 Å². The minimum atomic E-state index is -1.08. The van der Waals surface area contributed by atoms with Gasteiger partial charge in [-0.05, 0) is 26.8 Å². The van der Waals surface area contributed by atoms with Crippen molar-refractivity contribution in [1.29, 1.82) is 0 Å². The Hall–Kier alpha value is -3.22. The molecule has 7 heteroatoms. The minimum Gasteiger partial charge on any atom is -0.448 e. The number of aryl methyl sites for hydroxylation is 2. The van der Waals surface area contributed by atoms with Crippen molar-refractivity contribution in [3.63, 3.8) is 0 Å². The molecule has 3 aromatic rings. The van der Waals surface area contributed by atoms with E-state index >= 15 is 0 Å². The standard InChI is InChI=1S/C19H19N3O4/c1-10-16(11(2)22(4)21-10)18(24)19(25)26-12(3)17(23)14-9-20-15-8-6-5-7-13(14)15/h5-9,12,20H,1-4H3. The Morgan fingerprint density at radius 3 is 2.54 bits per heavy atom. The van der Waals surface area contributed by atoms with Crippen molar-refractivity contribution in [3.8, 4) is 0 Å². The Morgan fingerprint density at radius 1 is 1.19 bits per heavy atom. The molecule has 134 valence electrons. The van der Waals surface area contributed by atoms with Gasteiger partial charge in [0.15, 0.2) is 6.10 Å². The number of Topliss-reactive ketones (excluding diaryl/α,β-unsaturated/α-hetero) is 2. The van der Waals surface area contributed by atoms with Gasteiger partial charge in [-0.1, -0.05) is 18.2 Å². The molecule has 0 radical (unpaired) electrons. The zero-order chi connectivity index (χ0) is 19.0. The van der Waals surface area contributed by atoms with Crippen molar-refractivity contribution in [1.82, 2.24) is 14.8 Å². The van der Waals surface area contributed by atoms with Crippen LogP contribution < -0.4 is 0 Å². The number of rotatable bonds is 5. The Morgan fingerprint density at radius 2 is 1.88 bits per heavy atom. The highest BCUT2D eigenvalue weighted by molar-refractivity contribution is 6.41. The van der Waals surface area contributed by atoms with Crippen LogP contribution in [0.1, 0.15) is 39.0 Å². The van der Waals surface area contributed by atoms with Crippen molar-refractivity contribution < 1.29 is 19.1 Å². The molecule has 0 aliphatic heterocycles. The fourth-order valence-corrected chi connectivity index (χ4v) is 2.97. The summed E-state index contributed by atoms with van der Waals surface area (Å²) in [6, 6.07) is 7.33. The Bertz CT molecular complexity index is 1030. The maximum absolute atomic E-state index is 12.6. The predicted octanol–water partition coefficient (Wildman–Crippen LogP) is 2.52. The molecule has 2 heterocycles. The summed E-state index contributed by atoms with van der Waals surface area (Å²) >= 11 is 0. The van der Waals surface area contributed by atoms with E-state index in [9.17, 15) is 14.4 Å². The van der Waals surface area contributed by atoms with Gasteiger partial charge in [0, 0.05) is 35.4 Å². The van der Waals surface area contributed by atoms with Gasteiger partial charge in [0.1, 0.15) is 0 Å². The molecule has 2 aromatic heterocycles. The van der Waals surface area contributed by atoms with Crippen molar-refractivity contribution in [2.75, 3.05) is 0 Å². The van der Waals surface area contributed by atoms with Gasteiger partial charge in [-0.2, -0.15) is 5.10 Å². The first kappa shape index (κ1) is 17.6. The van der Waals surface area contributed by atoms with Gasteiger partial charge in [0.25, 0.3) is 5.78 Å². The summed E-state index contributed by atoms with van der Waals surface area (Å²) in [5, 5.41) is 4.86. The van der Waals surface area contributed by atoms with Crippen LogP contribution in [-0.4, -0.2) is 38.4 Å². The first-order chi connectivity index (χ1) is 12.3. The minimum absolute atomic E-state index is 0.212. The number of carbonyl (C=O) groups is 3. The molecule has 0 saturated carbocycles. The number of carbonyl (C=O) groups excluding carboxylic acids is 3. The van der Waals surface area contributed by atoms with Crippen LogP contribution >= 0.6 is 0 Å². The lowest BCUT2D eigenvalue weighted by Gasteiger charge is -2.11. The number of ether oxygens (including phenoxy) is 1. The predicted molar refractivity (Wildman–Crippen MR) is 95.2 cm³/mol. The van der Waals surface area contributed by atoms with E-state index in [-0.39, 0.29) is 11.3 Å². The number of hydrogen-bond donors (Lipinski definition) is 1. The fraction of sp³-hybridized carbons (Fsp3) is 0.263. The van der Waals surface area contributed by atoms with Crippen LogP contribution in [0.4, 0.5) is 0 Å². The van der Waals surface area contributed by atoms with Crippen LogP contribution in [0.15, 0.2) is 30.5 Å². The highest BCUT2D eigenvalue weighted by atomic mass is 16.6. The number of aromatic amines is 1. The molecule has 3 rings (SSSR count). The number of nitrogens with zero attached hydrogens (tertiary/aromatic N) is 2. The van der Waals surface area contributed by atoms with Gasteiger partial charge in [-0.3, -0.25) is 14.3 Å². The van der Waals surface area contributed by atoms with Crippen LogP contribution in [0, 0.1) is 13.8 Å². The largest absolute Gasteiger partial charge is 0.448 e. The number of ketones is 2. The number of aromatic nitrogens is 3. The van der Waals surface area contributed by atoms with Gasteiger partial charge in [-0.25, -0.2) is 4.79 Å². The van der Waals surface area contributed by atoms with Gasteiger partial charge < -0.3 is 9.72 Å². The average Bonchev–Trinajstić information content (AvgIpc) is 3.14. The first-order valence-corrected chi connectivity index (χ1v) is 8.17. The quantitative estimate of drug-likeness (QED) is 0.432. The molecule has 0 fully saturated rings. The van der Waals surface area contributed by atoms with Crippen LogP contribution in [0.25, 0.3) is 10.9 Å². The Labute approximate surface area is 150 Å². The number of H-pyrrole nitrogens is 1. The van der Waals surface area contributed by atoms with Crippen LogP contribution in [0.3, 0.4) is 0 Å². The van der Waals surface area contributed by atoms with Gasteiger partial charge in [0.2, 0.25) is 5.78 Å². The summed E-state index contributed by atoms with van der Waals surface area (Å²) < 4.78 is 6.66. The molecule has 0 amide bonds. The molecule has 1 aromatic carbocycles. The third kappa shape index (κ3) is 2.92. The average molecular weight is 353 g/mol. The van der Waals surface area contributed by atoms with Crippen molar-refractivity contribution in [2.24, 2.45) is 7.05 Å². The molecule has 0 spiro atoms. The number of esters is 1. The molecule has 7 nitrogen and oxygen atoms in total. The topological polar surface area (TPSA) is 94.0 Å². The van der Waals surface area contributed by atoms with Crippen molar-refractivity contribution >= 4 is 28.4 Å². The zero-order valence-corrected chi connectivity index (χ0v) is 15.0. The fourth-order valence-electron chi connectivity index (χ4n) is 2.97. The maximum Gasteiger partial charge on any atom is 0.380 e. The molecule has 0 saturated heterocycles. The highest BCUT2D eigenvalue weighted by Gasteiger charge is 2.29.